The molecule has 1 fully saturated rings. The second-order valence-electron chi connectivity index (χ2n) is 4.44. The molecule has 0 aromatic carbocycles. The summed E-state index contributed by atoms with van der Waals surface area (Å²) in [7, 11) is 1.83. The normalized spacial score (nSPS) is 29.0. The van der Waals surface area contributed by atoms with Crippen molar-refractivity contribution in [3.8, 4) is 0 Å². The van der Waals surface area contributed by atoms with Gasteiger partial charge in [0.25, 0.3) is 0 Å². The first-order valence-electron chi connectivity index (χ1n) is 6.12. The molecule has 0 spiro atoms. The number of ether oxygens (including phenoxy) is 1. The first-order valence-corrected chi connectivity index (χ1v) is 7.28. The highest BCUT2D eigenvalue weighted by molar-refractivity contribution is 7.99. The van der Waals surface area contributed by atoms with E-state index >= 15 is 0 Å². The average molecular weight is 231 g/mol. The lowest BCUT2D eigenvalue weighted by Gasteiger charge is -2.30. The first-order chi connectivity index (χ1) is 7.26. The van der Waals surface area contributed by atoms with Gasteiger partial charge < -0.3 is 10.1 Å². The summed E-state index contributed by atoms with van der Waals surface area (Å²) in [5.41, 5.74) is 0. The van der Waals surface area contributed by atoms with Crippen LogP contribution in [-0.2, 0) is 4.74 Å². The van der Waals surface area contributed by atoms with Crippen LogP contribution in [0.3, 0.4) is 0 Å². The highest BCUT2D eigenvalue weighted by Crippen LogP contribution is 2.21. The molecule has 3 heteroatoms. The second kappa shape index (κ2) is 7.53. The molecule has 0 aromatic rings. The maximum atomic E-state index is 5.38. The van der Waals surface area contributed by atoms with Gasteiger partial charge in [0.05, 0.1) is 6.10 Å². The second-order valence-corrected chi connectivity index (χ2v) is 5.76. The van der Waals surface area contributed by atoms with Gasteiger partial charge in [-0.15, -0.1) is 0 Å². The van der Waals surface area contributed by atoms with Crippen LogP contribution in [0.4, 0.5) is 0 Å². The molecule has 1 atom stereocenters. The van der Waals surface area contributed by atoms with E-state index in [4.69, 9.17) is 4.74 Å². The van der Waals surface area contributed by atoms with Crippen molar-refractivity contribution in [2.45, 2.75) is 57.7 Å². The van der Waals surface area contributed by atoms with E-state index in [1.807, 2.05) is 18.9 Å². The Hall–Kier alpha value is 0.270. The summed E-state index contributed by atoms with van der Waals surface area (Å²) in [6.07, 6.45) is 5.52. The van der Waals surface area contributed by atoms with Crippen LogP contribution in [0.1, 0.15) is 39.5 Å². The lowest BCUT2D eigenvalue weighted by molar-refractivity contribution is 0.0617. The third-order valence-electron chi connectivity index (χ3n) is 3.10. The summed E-state index contributed by atoms with van der Waals surface area (Å²) in [4.78, 5) is 0. The maximum Gasteiger partial charge on any atom is 0.0572 e. The largest absolute Gasteiger partial charge is 0.381 e. The average Bonchev–Trinajstić information content (AvgIpc) is 2.27. The quantitative estimate of drug-likeness (QED) is 0.759. The molecule has 0 aliphatic heterocycles. The van der Waals surface area contributed by atoms with E-state index in [0.717, 1.165) is 6.04 Å². The topological polar surface area (TPSA) is 21.3 Å². The summed E-state index contributed by atoms with van der Waals surface area (Å²) in [5, 5.41) is 3.72. The molecule has 1 rings (SSSR count). The molecule has 15 heavy (non-hydrogen) atoms. The fourth-order valence-corrected chi connectivity index (χ4v) is 2.90. The molecule has 1 aliphatic carbocycles. The molecular weight excluding hydrogens is 206 g/mol. The molecule has 2 nitrogen and oxygen atoms in total. The van der Waals surface area contributed by atoms with Gasteiger partial charge in [-0.2, -0.15) is 11.8 Å². The molecule has 0 bridgehead atoms. The van der Waals surface area contributed by atoms with E-state index in [2.05, 4.69) is 19.2 Å². The highest BCUT2D eigenvalue weighted by Gasteiger charge is 2.21. The Bertz CT molecular complexity index is 158. The Morgan fingerprint density at radius 2 is 2.00 bits per heavy atom. The van der Waals surface area contributed by atoms with Gasteiger partial charge in [0.1, 0.15) is 0 Å². The van der Waals surface area contributed by atoms with Crippen LogP contribution in [0.2, 0.25) is 0 Å². The standard InChI is InChI=1S/C12H25NOS/c1-4-15-9-10(2)13-11-5-7-12(14-3)8-6-11/h10-13H,4-9H2,1-3H3. The zero-order chi connectivity index (χ0) is 11.1. The Morgan fingerprint density at radius 3 is 2.53 bits per heavy atom. The van der Waals surface area contributed by atoms with Crippen LogP contribution in [-0.4, -0.2) is 36.8 Å². The number of methoxy groups -OCH3 is 1. The SMILES string of the molecule is CCSCC(C)NC1CCC(OC)CC1. The third-order valence-corrected chi connectivity index (χ3v) is 4.24. The van der Waals surface area contributed by atoms with Gasteiger partial charge >= 0.3 is 0 Å². The zero-order valence-corrected chi connectivity index (χ0v) is 11.1. The van der Waals surface area contributed by atoms with E-state index in [1.54, 1.807) is 0 Å². The van der Waals surface area contributed by atoms with Crippen LogP contribution < -0.4 is 5.32 Å². The van der Waals surface area contributed by atoms with Gasteiger partial charge in [0, 0.05) is 24.9 Å². The monoisotopic (exact) mass is 231 g/mol. The predicted molar refractivity (Wildman–Crippen MR) is 68.6 cm³/mol. The zero-order valence-electron chi connectivity index (χ0n) is 10.3. The molecule has 1 unspecified atom stereocenters. The van der Waals surface area contributed by atoms with E-state index in [-0.39, 0.29) is 0 Å². The molecule has 0 amide bonds. The number of thioether (sulfide) groups is 1. The van der Waals surface area contributed by atoms with E-state index in [9.17, 15) is 0 Å². The van der Waals surface area contributed by atoms with E-state index in [0.29, 0.717) is 12.1 Å². The summed E-state index contributed by atoms with van der Waals surface area (Å²) in [6.45, 7) is 4.52. The lowest BCUT2D eigenvalue weighted by Crippen LogP contribution is -2.41. The molecule has 0 heterocycles. The van der Waals surface area contributed by atoms with Crippen LogP contribution in [0.15, 0.2) is 0 Å². The van der Waals surface area contributed by atoms with Crippen LogP contribution >= 0.6 is 11.8 Å². The van der Waals surface area contributed by atoms with Crippen molar-refractivity contribution in [2.75, 3.05) is 18.6 Å². The first kappa shape index (κ1) is 13.3. The molecule has 1 N–H and O–H groups in total. The smallest absolute Gasteiger partial charge is 0.0572 e. The van der Waals surface area contributed by atoms with Gasteiger partial charge in [-0.05, 0) is 38.4 Å². The summed E-state index contributed by atoms with van der Waals surface area (Å²) in [6, 6.07) is 1.38. The van der Waals surface area contributed by atoms with Crippen LogP contribution in [0.25, 0.3) is 0 Å². The molecule has 0 aromatic heterocycles. The molecular formula is C12H25NOS. The van der Waals surface area contributed by atoms with Crippen molar-refractivity contribution >= 4 is 11.8 Å². The number of rotatable bonds is 6. The Balaban J connectivity index is 2.12. The molecule has 0 saturated heterocycles. The summed E-state index contributed by atoms with van der Waals surface area (Å²) < 4.78 is 5.38. The van der Waals surface area contributed by atoms with Crippen molar-refractivity contribution in [3.63, 3.8) is 0 Å². The van der Waals surface area contributed by atoms with Gasteiger partial charge in [-0.3, -0.25) is 0 Å². The Labute approximate surface area is 98.5 Å². The predicted octanol–water partition coefficient (Wildman–Crippen LogP) is 2.68. The minimum absolute atomic E-state index is 0.517. The van der Waals surface area contributed by atoms with Crippen LogP contribution in [0.5, 0.6) is 0 Å². The summed E-state index contributed by atoms with van der Waals surface area (Å²) >= 11 is 2.02. The van der Waals surface area contributed by atoms with Crippen molar-refractivity contribution in [3.05, 3.63) is 0 Å². The fraction of sp³-hybridized carbons (Fsp3) is 1.00. The van der Waals surface area contributed by atoms with E-state index < -0.39 is 0 Å². The van der Waals surface area contributed by atoms with Gasteiger partial charge in [0.2, 0.25) is 0 Å². The number of hydrogen-bond acceptors (Lipinski definition) is 3. The molecule has 0 radical (unpaired) electrons. The molecule has 90 valence electrons. The Morgan fingerprint density at radius 1 is 1.33 bits per heavy atom. The minimum Gasteiger partial charge on any atom is -0.381 e. The highest BCUT2D eigenvalue weighted by atomic mass is 32.2. The van der Waals surface area contributed by atoms with Gasteiger partial charge in [-0.1, -0.05) is 6.92 Å². The number of hydrogen-bond donors (Lipinski definition) is 1. The van der Waals surface area contributed by atoms with Gasteiger partial charge in [0.15, 0.2) is 0 Å². The lowest BCUT2D eigenvalue weighted by atomic mass is 9.92. The Kier molecular flexibility index (Phi) is 6.69. The van der Waals surface area contributed by atoms with Crippen molar-refractivity contribution in [2.24, 2.45) is 0 Å². The third kappa shape index (κ3) is 5.23. The minimum atomic E-state index is 0.517. The molecule has 1 aliphatic rings. The van der Waals surface area contributed by atoms with Crippen molar-refractivity contribution in [1.82, 2.24) is 5.32 Å². The number of nitrogens with one attached hydrogen (secondary N) is 1. The van der Waals surface area contributed by atoms with Crippen molar-refractivity contribution in [1.29, 1.82) is 0 Å². The maximum absolute atomic E-state index is 5.38. The fourth-order valence-electron chi connectivity index (χ4n) is 2.21. The van der Waals surface area contributed by atoms with E-state index in [1.165, 1.54) is 37.2 Å². The van der Waals surface area contributed by atoms with Crippen LogP contribution in [0, 0.1) is 0 Å². The van der Waals surface area contributed by atoms with Crippen molar-refractivity contribution < 1.29 is 4.74 Å². The molecule has 1 saturated carbocycles. The van der Waals surface area contributed by atoms with Gasteiger partial charge in [-0.25, -0.2) is 0 Å². The summed E-state index contributed by atoms with van der Waals surface area (Å²) in [5.74, 6) is 2.46.